The third-order valence-corrected chi connectivity index (χ3v) is 6.01. The van der Waals surface area contributed by atoms with E-state index in [0.29, 0.717) is 10.6 Å². The summed E-state index contributed by atoms with van der Waals surface area (Å²) >= 11 is 20.4. The lowest BCUT2D eigenvalue weighted by Crippen LogP contribution is -1.93. The van der Waals surface area contributed by atoms with Gasteiger partial charge >= 0.3 is 0 Å². The highest BCUT2D eigenvalue weighted by atomic mass is 79.9. The van der Waals surface area contributed by atoms with Gasteiger partial charge in [-0.25, -0.2) is 4.39 Å². The summed E-state index contributed by atoms with van der Waals surface area (Å²) in [5.74, 6) is -0.310. The van der Waals surface area contributed by atoms with Gasteiger partial charge in [-0.1, -0.05) is 27.5 Å². The van der Waals surface area contributed by atoms with E-state index in [9.17, 15) is 4.39 Å². The van der Waals surface area contributed by atoms with Crippen LogP contribution in [0.1, 0.15) is 15.8 Å². The van der Waals surface area contributed by atoms with Crippen molar-refractivity contribution in [1.82, 2.24) is 0 Å². The predicted molar refractivity (Wildman–Crippen MR) is 78.8 cm³/mol. The molecule has 0 fully saturated rings. The second-order valence-corrected chi connectivity index (χ2v) is 7.40. The van der Waals surface area contributed by atoms with Gasteiger partial charge in [0.2, 0.25) is 0 Å². The van der Waals surface area contributed by atoms with E-state index in [4.69, 9.17) is 23.2 Å². The first-order valence-electron chi connectivity index (χ1n) is 4.53. The fourth-order valence-corrected chi connectivity index (χ4v) is 4.08. The van der Waals surface area contributed by atoms with Crippen LogP contribution in [-0.4, -0.2) is 0 Å². The predicted octanol–water partition coefficient (Wildman–Crippen LogP) is 6.39. The van der Waals surface area contributed by atoms with Crippen molar-refractivity contribution in [2.24, 2.45) is 0 Å². The van der Waals surface area contributed by atoms with Gasteiger partial charge in [0, 0.05) is 9.35 Å². The lowest BCUT2D eigenvalue weighted by Gasteiger charge is -2.09. The van der Waals surface area contributed by atoms with Crippen molar-refractivity contribution < 1.29 is 4.39 Å². The van der Waals surface area contributed by atoms with E-state index in [0.717, 1.165) is 13.1 Å². The summed E-state index contributed by atoms with van der Waals surface area (Å²) in [4.78, 5) is 0.870. The van der Waals surface area contributed by atoms with E-state index < -0.39 is 5.38 Å². The fraction of sp³-hybridized carbons (Fsp3) is 0.0909. The number of thiophene rings is 1. The minimum Gasteiger partial charge on any atom is -0.207 e. The summed E-state index contributed by atoms with van der Waals surface area (Å²) in [5, 5.41) is 0.192. The second kappa shape index (κ2) is 5.57. The van der Waals surface area contributed by atoms with Crippen LogP contribution in [0.5, 0.6) is 0 Å². The van der Waals surface area contributed by atoms with E-state index in [1.54, 1.807) is 12.1 Å². The van der Waals surface area contributed by atoms with Crippen molar-refractivity contribution in [2.45, 2.75) is 5.38 Å². The standard InChI is InChI=1S/C11H5Br2Cl2FS/c12-7-2-1-5(16)3-6(7)10(15)9-4-8(14)11(13)17-9/h1-4,10H. The summed E-state index contributed by atoms with van der Waals surface area (Å²) in [6.45, 7) is 0. The molecule has 0 aliphatic rings. The third kappa shape index (κ3) is 3.04. The zero-order valence-corrected chi connectivity index (χ0v) is 13.7. The average Bonchev–Trinajstić information content (AvgIpc) is 2.62. The SMILES string of the molecule is Fc1ccc(Br)c(C(Cl)c2cc(Cl)c(Br)s2)c1. The first kappa shape index (κ1) is 13.8. The molecule has 0 saturated carbocycles. The highest BCUT2D eigenvalue weighted by Gasteiger charge is 2.18. The van der Waals surface area contributed by atoms with E-state index in [2.05, 4.69) is 31.9 Å². The Morgan fingerprint density at radius 2 is 1.94 bits per heavy atom. The average molecular weight is 419 g/mol. The van der Waals surface area contributed by atoms with Gasteiger partial charge in [-0.2, -0.15) is 0 Å². The molecule has 0 saturated heterocycles. The Labute approximate surface area is 129 Å². The quantitative estimate of drug-likeness (QED) is 0.495. The van der Waals surface area contributed by atoms with Crippen molar-refractivity contribution in [3.63, 3.8) is 0 Å². The largest absolute Gasteiger partial charge is 0.207 e. The van der Waals surface area contributed by atoms with Crippen LogP contribution in [0.15, 0.2) is 32.5 Å². The van der Waals surface area contributed by atoms with E-state index in [-0.39, 0.29) is 5.82 Å². The zero-order chi connectivity index (χ0) is 12.6. The molecular formula is C11H5Br2Cl2FS. The Balaban J connectivity index is 2.42. The third-order valence-electron chi connectivity index (χ3n) is 2.15. The molecule has 6 heteroatoms. The molecule has 0 bridgehead atoms. The number of benzene rings is 1. The van der Waals surface area contributed by atoms with Crippen molar-refractivity contribution in [3.05, 3.63) is 53.8 Å². The summed E-state index contributed by atoms with van der Waals surface area (Å²) < 4.78 is 14.8. The van der Waals surface area contributed by atoms with Gasteiger partial charge in [-0.15, -0.1) is 22.9 Å². The topological polar surface area (TPSA) is 0 Å². The van der Waals surface area contributed by atoms with Crippen LogP contribution < -0.4 is 0 Å². The van der Waals surface area contributed by atoms with Crippen LogP contribution in [0.25, 0.3) is 0 Å². The van der Waals surface area contributed by atoms with Crippen LogP contribution in [-0.2, 0) is 0 Å². The Bertz CT molecular complexity index is 537. The van der Waals surface area contributed by atoms with Crippen LogP contribution >= 0.6 is 66.4 Å². The van der Waals surface area contributed by atoms with Crippen LogP contribution in [0.4, 0.5) is 4.39 Å². The molecule has 0 nitrogen and oxygen atoms in total. The molecule has 1 atom stereocenters. The molecule has 17 heavy (non-hydrogen) atoms. The first-order chi connectivity index (χ1) is 7.99. The van der Waals surface area contributed by atoms with Gasteiger partial charge in [0.1, 0.15) is 5.82 Å². The van der Waals surface area contributed by atoms with E-state index in [1.165, 1.54) is 23.5 Å². The number of hydrogen-bond donors (Lipinski definition) is 0. The van der Waals surface area contributed by atoms with Gasteiger partial charge in [0.15, 0.2) is 0 Å². The van der Waals surface area contributed by atoms with Gasteiger partial charge < -0.3 is 0 Å². The summed E-state index contributed by atoms with van der Waals surface area (Å²) in [7, 11) is 0. The van der Waals surface area contributed by atoms with Gasteiger partial charge in [0.25, 0.3) is 0 Å². The summed E-state index contributed by atoms with van der Waals surface area (Å²) in [6.07, 6.45) is 0. The minimum atomic E-state index is -0.422. The Kier molecular flexibility index (Phi) is 4.53. The monoisotopic (exact) mass is 416 g/mol. The van der Waals surface area contributed by atoms with Crippen molar-refractivity contribution in [2.75, 3.05) is 0 Å². The van der Waals surface area contributed by atoms with Crippen LogP contribution in [0, 0.1) is 5.82 Å². The van der Waals surface area contributed by atoms with E-state index >= 15 is 0 Å². The molecule has 0 amide bonds. The van der Waals surface area contributed by atoms with Gasteiger partial charge in [-0.05, 0) is 45.8 Å². The fourth-order valence-electron chi connectivity index (χ4n) is 1.35. The maximum absolute atomic E-state index is 13.2. The smallest absolute Gasteiger partial charge is 0.123 e. The molecule has 0 radical (unpaired) electrons. The van der Waals surface area contributed by atoms with Crippen LogP contribution in [0.2, 0.25) is 5.02 Å². The highest BCUT2D eigenvalue weighted by Crippen LogP contribution is 2.42. The van der Waals surface area contributed by atoms with Gasteiger partial charge in [-0.3, -0.25) is 0 Å². The Morgan fingerprint density at radius 1 is 1.24 bits per heavy atom. The first-order valence-corrected chi connectivity index (χ1v) is 7.74. The number of hydrogen-bond acceptors (Lipinski definition) is 1. The molecule has 2 rings (SSSR count). The molecule has 1 unspecified atom stereocenters. The van der Waals surface area contributed by atoms with Crippen molar-refractivity contribution >= 4 is 66.4 Å². The molecule has 0 spiro atoms. The molecule has 0 aliphatic heterocycles. The summed E-state index contributed by atoms with van der Waals surface area (Å²) in [6, 6.07) is 6.23. The van der Waals surface area contributed by atoms with Gasteiger partial charge in [0.05, 0.1) is 14.2 Å². The number of alkyl halides is 1. The molecule has 0 N–H and O–H groups in total. The lowest BCUT2D eigenvalue weighted by molar-refractivity contribution is 0.625. The van der Waals surface area contributed by atoms with E-state index in [1.807, 2.05) is 0 Å². The second-order valence-electron chi connectivity index (χ2n) is 3.30. The highest BCUT2D eigenvalue weighted by molar-refractivity contribution is 9.11. The minimum absolute atomic E-state index is 0.310. The maximum atomic E-state index is 13.2. The molecule has 1 aromatic carbocycles. The molecule has 90 valence electrons. The Morgan fingerprint density at radius 3 is 2.53 bits per heavy atom. The molecule has 1 heterocycles. The Hall–Kier alpha value is 0.390. The zero-order valence-electron chi connectivity index (χ0n) is 8.18. The molecule has 2 aromatic rings. The maximum Gasteiger partial charge on any atom is 0.123 e. The van der Waals surface area contributed by atoms with Crippen molar-refractivity contribution in [1.29, 1.82) is 0 Å². The summed E-state index contributed by atoms with van der Waals surface area (Å²) in [5.41, 5.74) is 0.692. The van der Waals surface area contributed by atoms with Crippen molar-refractivity contribution in [3.8, 4) is 0 Å². The molecular weight excluding hydrogens is 414 g/mol. The number of rotatable bonds is 2. The molecule has 1 aromatic heterocycles. The molecule has 0 aliphatic carbocycles. The normalized spacial score (nSPS) is 12.8. The van der Waals surface area contributed by atoms with Crippen LogP contribution in [0.3, 0.4) is 0 Å². The lowest BCUT2D eigenvalue weighted by atomic mass is 10.1. The number of halogens is 5.